The molecular formula is C15H12BrN3O. The Kier molecular flexibility index (Phi) is 2.99. The number of nitrogens with two attached hydrogens (primary N) is 2. The Balaban J connectivity index is 2.18. The number of carbonyl (C=O) groups excluding carboxylic acids is 1. The monoisotopic (exact) mass is 329 g/mol. The number of hydrogen-bond acceptors (Lipinski definition) is 3. The van der Waals surface area contributed by atoms with Crippen LogP contribution in [0.3, 0.4) is 0 Å². The molecule has 3 aromatic rings. The van der Waals surface area contributed by atoms with Crippen LogP contribution in [0.4, 0.5) is 11.4 Å². The van der Waals surface area contributed by atoms with Gasteiger partial charge in [0.15, 0.2) is 5.78 Å². The van der Waals surface area contributed by atoms with E-state index in [-0.39, 0.29) is 5.78 Å². The third-order valence-electron chi connectivity index (χ3n) is 3.14. The highest BCUT2D eigenvalue weighted by atomic mass is 79.9. The fraction of sp³-hybridized carbons (Fsp3) is 0. The van der Waals surface area contributed by atoms with Crippen molar-refractivity contribution >= 4 is 44.0 Å². The Morgan fingerprint density at radius 2 is 1.80 bits per heavy atom. The van der Waals surface area contributed by atoms with E-state index >= 15 is 0 Å². The smallest absolute Gasteiger partial charge is 0.195 e. The summed E-state index contributed by atoms with van der Waals surface area (Å²) in [6.45, 7) is 0. The van der Waals surface area contributed by atoms with Crippen LogP contribution in [-0.4, -0.2) is 10.8 Å². The lowest BCUT2D eigenvalue weighted by molar-refractivity contribution is 0.104. The first-order valence-corrected chi connectivity index (χ1v) is 6.82. The van der Waals surface area contributed by atoms with Crippen molar-refractivity contribution in [3.63, 3.8) is 0 Å². The maximum atomic E-state index is 12.6. The molecular weight excluding hydrogens is 318 g/mol. The zero-order chi connectivity index (χ0) is 14.3. The van der Waals surface area contributed by atoms with Crippen LogP contribution < -0.4 is 11.5 Å². The van der Waals surface area contributed by atoms with Crippen molar-refractivity contribution < 1.29 is 4.79 Å². The third kappa shape index (κ3) is 2.06. The van der Waals surface area contributed by atoms with Crippen molar-refractivity contribution in [1.82, 2.24) is 4.98 Å². The normalized spacial score (nSPS) is 10.8. The summed E-state index contributed by atoms with van der Waals surface area (Å²) in [5.41, 5.74) is 14.4. The molecule has 0 aliphatic heterocycles. The first kappa shape index (κ1) is 12.7. The summed E-state index contributed by atoms with van der Waals surface area (Å²) in [6.07, 6.45) is 1.71. The molecule has 3 rings (SSSR count). The molecule has 0 radical (unpaired) electrons. The van der Waals surface area contributed by atoms with Gasteiger partial charge in [0.05, 0.1) is 0 Å². The molecule has 0 amide bonds. The molecule has 1 heterocycles. The molecule has 0 fully saturated rings. The van der Waals surface area contributed by atoms with Crippen molar-refractivity contribution in [2.45, 2.75) is 0 Å². The maximum Gasteiger partial charge on any atom is 0.195 e. The summed E-state index contributed by atoms with van der Waals surface area (Å²) in [5, 5.41) is 0.860. The predicted molar refractivity (Wildman–Crippen MR) is 84.7 cm³/mol. The van der Waals surface area contributed by atoms with Crippen LogP contribution in [0.25, 0.3) is 10.9 Å². The molecule has 4 nitrogen and oxygen atoms in total. The van der Waals surface area contributed by atoms with E-state index in [0.29, 0.717) is 22.5 Å². The summed E-state index contributed by atoms with van der Waals surface area (Å²) in [5.74, 6) is -0.109. The second-order valence-corrected chi connectivity index (χ2v) is 5.44. The van der Waals surface area contributed by atoms with E-state index in [0.717, 1.165) is 15.4 Å². The highest BCUT2D eigenvalue weighted by Crippen LogP contribution is 2.29. The molecule has 0 saturated heterocycles. The van der Waals surface area contributed by atoms with E-state index in [2.05, 4.69) is 20.9 Å². The van der Waals surface area contributed by atoms with E-state index in [1.165, 1.54) is 0 Å². The molecule has 0 atom stereocenters. The van der Waals surface area contributed by atoms with E-state index in [1.807, 2.05) is 18.2 Å². The molecule has 0 bridgehead atoms. The highest BCUT2D eigenvalue weighted by Gasteiger charge is 2.16. The Labute approximate surface area is 123 Å². The van der Waals surface area contributed by atoms with Gasteiger partial charge >= 0.3 is 0 Å². The number of ketones is 1. The number of benzene rings is 2. The van der Waals surface area contributed by atoms with Gasteiger partial charge in [0.25, 0.3) is 0 Å². The molecule has 100 valence electrons. The number of nitrogens with one attached hydrogen (secondary N) is 1. The average molecular weight is 330 g/mol. The van der Waals surface area contributed by atoms with Crippen LogP contribution in [0, 0.1) is 0 Å². The minimum Gasteiger partial charge on any atom is -0.399 e. The number of anilines is 2. The average Bonchev–Trinajstić information content (AvgIpc) is 2.82. The lowest BCUT2D eigenvalue weighted by Gasteiger charge is -2.04. The van der Waals surface area contributed by atoms with Crippen molar-refractivity contribution in [2.24, 2.45) is 0 Å². The van der Waals surface area contributed by atoms with Crippen LogP contribution in [0.15, 0.2) is 47.1 Å². The quantitative estimate of drug-likeness (QED) is 0.498. The minimum absolute atomic E-state index is 0.109. The second-order valence-electron chi connectivity index (χ2n) is 4.58. The first-order valence-electron chi connectivity index (χ1n) is 6.02. The molecule has 5 N–H and O–H groups in total. The summed E-state index contributed by atoms with van der Waals surface area (Å²) in [6, 6.07) is 10.6. The summed E-state index contributed by atoms with van der Waals surface area (Å²) in [7, 11) is 0. The third-order valence-corrected chi connectivity index (χ3v) is 3.80. The van der Waals surface area contributed by atoms with Crippen molar-refractivity contribution in [1.29, 1.82) is 0 Å². The summed E-state index contributed by atoms with van der Waals surface area (Å²) < 4.78 is 0.872. The minimum atomic E-state index is -0.109. The van der Waals surface area contributed by atoms with Gasteiger partial charge in [0.1, 0.15) is 0 Å². The Morgan fingerprint density at radius 1 is 1.10 bits per heavy atom. The molecule has 5 heteroatoms. The number of aromatic nitrogens is 1. The fourth-order valence-corrected chi connectivity index (χ4v) is 2.86. The van der Waals surface area contributed by atoms with Crippen LogP contribution in [0.5, 0.6) is 0 Å². The van der Waals surface area contributed by atoms with Crippen molar-refractivity contribution in [3.8, 4) is 0 Å². The van der Waals surface area contributed by atoms with E-state index < -0.39 is 0 Å². The van der Waals surface area contributed by atoms with Gasteiger partial charge in [0, 0.05) is 44.1 Å². The molecule has 2 aromatic carbocycles. The SMILES string of the molecule is Nc1cc(N)cc(C(=O)c2c[nH]c3cccc(Br)c23)c1. The van der Waals surface area contributed by atoms with Crippen LogP contribution in [0.2, 0.25) is 0 Å². The Bertz CT molecular complexity index is 803. The molecule has 1 aromatic heterocycles. The summed E-state index contributed by atoms with van der Waals surface area (Å²) >= 11 is 3.48. The number of hydrogen-bond donors (Lipinski definition) is 3. The second kappa shape index (κ2) is 4.68. The van der Waals surface area contributed by atoms with Gasteiger partial charge in [-0.2, -0.15) is 0 Å². The number of fused-ring (bicyclic) bond motifs is 1. The molecule has 0 spiro atoms. The van der Waals surface area contributed by atoms with E-state index in [4.69, 9.17) is 11.5 Å². The van der Waals surface area contributed by atoms with E-state index in [1.54, 1.807) is 24.4 Å². The lowest BCUT2D eigenvalue weighted by Crippen LogP contribution is -2.03. The van der Waals surface area contributed by atoms with Crippen LogP contribution in [0.1, 0.15) is 15.9 Å². The van der Waals surface area contributed by atoms with Gasteiger partial charge in [-0.25, -0.2) is 0 Å². The number of halogens is 1. The number of nitrogen functional groups attached to an aromatic ring is 2. The molecule has 20 heavy (non-hydrogen) atoms. The maximum absolute atomic E-state index is 12.6. The number of aromatic amines is 1. The molecule has 0 saturated carbocycles. The number of H-pyrrole nitrogens is 1. The van der Waals surface area contributed by atoms with Gasteiger partial charge < -0.3 is 16.5 Å². The van der Waals surface area contributed by atoms with Gasteiger partial charge in [0.2, 0.25) is 0 Å². The standard InChI is InChI=1S/C15H12BrN3O/c16-12-2-1-3-13-14(12)11(7-19-13)15(20)8-4-9(17)6-10(18)5-8/h1-7,19H,17-18H2. The largest absolute Gasteiger partial charge is 0.399 e. The zero-order valence-electron chi connectivity index (χ0n) is 10.5. The van der Waals surface area contributed by atoms with Crippen molar-refractivity contribution in [3.05, 3.63) is 58.2 Å². The highest BCUT2D eigenvalue weighted by molar-refractivity contribution is 9.10. The Morgan fingerprint density at radius 3 is 2.50 bits per heavy atom. The first-order chi connectivity index (χ1) is 9.56. The molecule has 0 unspecified atom stereocenters. The van der Waals surface area contributed by atoms with Crippen molar-refractivity contribution in [2.75, 3.05) is 11.5 Å². The Hall–Kier alpha value is -2.27. The van der Waals surface area contributed by atoms with Crippen LogP contribution >= 0.6 is 15.9 Å². The number of rotatable bonds is 2. The lowest BCUT2D eigenvalue weighted by atomic mass is 10.0. The van der Waals surface area contributed by atoms with Gasteiger partial charge in [-0.1, -0.05) is 22.0 Å². The fourth-order valence-electron chi connectivity index (χ4n) is 2.28. The topological polar surface area (TPSA) is 84.9 Å². The zero-order valence-corrected chi connectivity index (χ0v) is 12.1. The number of carbonyl (C=O) groups is 1. The molecule has 0 aliphatic carbocycles. The van der Waals surface area contributed by atoms with Crippen LogP contribution in [-0.2, 0) is 0 Å². The van der Waals surface area contributed by atoms with E-state index in [9.17, 15) is 4.79 Å². The predicted octanol–water partition coefficient (Wildman–Crippen LogP) is 3.33. The van der Waals surface area contributed by atoms with Gasteiger partial charge in [-0.05, 0) is 30.3 Å². The summed E-state index contributed by atoms with van der Waals surface area (Å²) in [4.78, 5) is 15.7. The molecule has 0 aliphatic rings. The van der Waals surface area contributed by atoms with Gasteiger partial charge in [-0.3, -0.25) is 4.79 Å². The van der Waals surface area contributed by atoms with Gasteiger partial charge in [-0.15, -0.1) is 0 Å².